The van der Waals surface area contributed by atoms with Crippen molar-refractivity contribution >= 4 is 56.7 Å². The topological polar surface area (TPSA) is 98.5 Å². The molecule has 0 saturated heterocycles. The summed E-state index contributed by atoms with van der Waals surface area (Å²) in [6.07, 6.45) is 2.08. The molecule has 1 unspecified atom stereocenters. The molecular weight excluding hydrogens is 482 g/mol. The van der Waals surface area contributed by atoms with Gasteiger partial charge in [0.1, 0.15) is 11.5 Å². The molecule has 0 saturated carbocycles. The minimum absolute atomic E-state index is 0.117. The molecule has 0 bridgehead atoms. The second kappa shape index (κ2) is 10.2. The average molecular weight is 510 g/mol. The predicted molar refractivity (Wildman–Crippen MR) is 141 cm³/mol. The fraction of sp³-hybridized carbons (Fsp3) is 0.320. The number of amides is 1. The van der Waals surface area contributed by atoms with Crippen LogP contribution in [0.3, 0.4) is 0 Å². The number of carbonyl (C=O) groups is 2. The molecular formula is C25H27N5O3S2. The van der Waals surface area contributed by atoms with Gasteiger partial charge in [0.05, 0.1) is 16.5 Å². The molecule has 4 rings (SSSR count). The molecule has 3 aromatic heterocycles. The lowest BCUT2D eigenvalue weighted by Gasteiger charge is -2.14. The first kappa shape index (κ1) is 24.9. The van der Waals surface area contributed by atoms with E-state index in [1.807, 2.05) is 17.4 Å². The Morgan fingerprint density at radius 1 is 1.20 bits per heavy atom. The normalized spacial score (nSPS) is 12.1. The van der Waals surface area contributed by atoms with Crippen LogP contribution in [0.4, 0.5) is 5.13 Å². The quantitative estimate of drug-likeness (QED) is 0.192. The highest BCUT2D eigenvalue weighted by Gasteiger charge is 2.25. The maximum atomic E-state index is 13.1. The largest absolute Gasteiger partial charge is 0.457 e. The third kappa shape index (κ3) is 4.94. The molecule has 0 spiro atoms. The molecule has 0 radical (unpaired) electrons. The first-order valence-electron chi connectivity index (χ1n) is 11.2. The number of aryl methyl sites for hydroxylation is 4. The number of nitrogens with zero attached hydrogens (tertiary/aromatic N) is 4. The zero-order valence-corrected chi connectivity index (χ0v) is 22.0. The summed E-state index contributed by atoms with van der Waals surface area (Å²) < 4.78 is 7.12. The molecule has 0 fully saturated rings. The maximum Gasteiger partial charge on any atom is 0.350 e. The van der Waals surface area contributed by atoms with Gasteiger partial charge in [0, 0.05) is 5.39 Å². The fourth-order valence-corrected chi connectivity index (χ4v) is 5.79. The number of nitrogens with one attached hydrogen (secondary N) is 1. The number of rotatable bonds is 8. The van der Waals surface area contributed by atoms with E-state index in [1.165, 1.54) is 23.4 Å². The number of carbonyl (C=O) groups excluding carboxylic acids is 2. The second-order valence-electron chi connectivity index (χ2n) is 8.31. The molecule has 0 aliphatic heterocycles. The molecule has 0 aliphatic carbocycles. The maximum absolute atomic E-state index is 13.1. The molecule has 1 atom stereocenters. The highest BCUT2D eigenvalue weighted by atomic mass is 32.2. The van der Waals surface area contributed by atoms with Gasteiger partial charge in [-0.25, -0.2) is 9.78 Å². The van der Waals surface area contributed by atoms with Crippen molar-refractivity contribution in [3.05, 3.63) is 58.1 Å². The number of hydrogen-bond acceptors (Lipinski definition) is 8. The number of benzene rings is 1. The van der Waals surface area contributed by atoms with Gasteiger partial charge in [-0.15, -0.1) is 10.2 Å². The Bertz CT molecular complexity index is 1460. The molecule has 35 heavy (non-hydrogen) atoms. The smallest absolute Gasteiger partial charge is 0.350 e. The molecule has 1 N–H and O–H groups in total. The van der Waals surface area contributed by atoms with Crippen molar-refractivity contribution in [3.8, 4) is 0 Å². The van der Waals surface area contributed by atoms with Crippen molar-refractivity contribution in [2.75, 3.05) is 11.9 Å². The van der Waals surface area contributed by atoms with Gasteiger partial charge >= 0.3 is 5.97 Å². The van der Waals surface area contributed by atoms with Crippen molar-refractivity contribution in [2.24, 2.45) is 0 Å². The number of ether oxygens (including phenoxy) is 1. The molecule has 3 heterocycles. The van der Waals surface area contributed by atoms with E-state index in [0.29, 0.717) is 27.3 Å². The third-order valence-corrected chi connectivity index (χ3v) is 7.91. The summed E-state index contributed by atoms with van der Waals surface area (Å²) >= 11 is 2.46. The van der Waals surface area contributed by atoms with Crippen molar-refractivity contribution in [1.29, 1.82) is 0 Å². The van der Waals surface area contributed by atoms with Gasteiger partial charge in [-0.2, -0.15) is 0 Å². The van der Waals surface area contributed by atoms with Crippen LogP contribution in [0.5, 0.6) is 0 Å². The van der Waals surface area contributed by atoms with Gasteiger partial charge in [0.15, 0.2) is 15.9 Å². The van der Waals surface area contributed by atoms with Crippen molar-refractivity contribution < 1.29 is 14.3 Å². The second-order valence-corrected chi connectivity index (χ2v) is 10.5. The number of thioether (sulfide) groups is 1. The van der Waals surface area contributed by atoms with Gasteiger partial charge in [-0.3, -0.25) is 9.20 Å². The van der Waals surface area contributed by atoms with Crippen LogP contribution in [-0.2, 0) is 9.53 Å². The van der Waals surface area contributed by atoms with Crippen molar-refractivity contribution in [1.82, 2.24) is 19.6 Å². The summed E-state index contributed by atoms with van der Waals surface area (Å²) in [5.74, 6) is -0.692. The lowest BCUT2D eigenvalue weighted by atomic mass is 10.0. The monoisotopic (exact) mass is 509 g/mol. The van der Waals surface area contributed by atoms with Crippen LogP contribution >= 0.6 is 23.1 Å². The lowest BCUT2D eigenvalue weighted by molar-refractivity contribution is -0.115. The first-order valence-corrected chi connectivity index (χ1v) is 12.9. The molecule has 182 valence electrons. The molecule has 1 aromatic carbocycles. The van der Waals surface area contributed by atoms with E-state index in [4.69, 9.17) is 4.74 Å². The van der Waals surface area contributed by atoms with Crippen LogP contribution in [0, 0.1) is 27.7 Å². The number of anilines is 1. The minimum Gasteiger partial charge on any atom is -0.457 e. The Kier molecular flexibility index (Phi) is 7.23. The Morgan fingerprint density at radius 3 is 2.69 bits per heavy atom. The third-order valence-electron chi connectivity index (χ3n) is 5.55. The van der Waals surface area contributed by atoms with Gasteiger partial charge in [0.25, 0.3) is 0 Å². The Morgan fingerprint density at radius 2 is 1.97 bits per heavy atom. The zero-order chi connectivity index (χ0) is 25.3. The number of aromatic nitrogens is 4. The van der Waals surface area contributed by atoms with E-state index in [2.05, 4.69) is 60.0 Å². The van der Waals surface area contributed by atoms with E-state index < -0.39 is 11.2 Å². The SMILES string of the molecule is C=CCOC(=O)c1sc(NC(=O)C(CC)Sc2nnc3cc(C)c4cc(C)cc(C)c4n23)nc1C. The molecule has 4 aromatic rings. The summed E-state index contributed by atoms with van der Waals surface area (Å²) in [7, 11) is 0. The summed E-state index contributed by atoms with van der Waals surface area (Å²) in [6, 6.07) is 6.32. The zero-order valence-electron chi connectivity index (χ0n) is 20.3. The molecule has 1 amide bonds. The average Bonchev–Trinajstić information content (AvgIpc) is 3.38. The highest BCUT2D eigenvalue weighted by molar-refractivity contribution is 8.00. The Balaban J connectivity index is 1.61. The number of pyridine rings is 1. The summed E-state index contributed by atoms with van der Waals surface area (Å²) in [6.45, 7) is 13.5. The molecule has 10 heteroatoms. The summed E-state index contributed by atoms with van der Waals surface area (Å²) in [5.41, 5.74) is 5.76. The van der Waals surface area contributed by atoms with Gasteiger partial charge in [0.2, 0.25) is 5.91 Å². The van der Waals surface area contributed by atoms with Crippen molar-refractivity contribution in [3.63, 3.8) is 0 Å². The van der Waals surface area contributed by atoms with Gasteiger partial charge in [-0.05, 0) is 57.4 Å². The van der Waals surface area contributed by atoms with Crippen LogP contribution < -0.4 is 5.32 Å². The summed E-state index contributed by atoms with van der Waals surface area (Å²) in [4.78, 5) is 30.0. The van der Waals surface area contributed by atoms with E-state index >= 15 is 0 Å². The highest BCUT2D eigenvalue weighted by Crippen LogP contribution is 2.32. The fourth-order valence-electron chi connectivity index (χ4n) is 3.96. The number of hydrogen-bond donors (Lipinski definition) is 1. The molecule has 0 aliphatic rings. The van der Waals surface area contributed by atoms with Gasteiger partial charge in [-0.1, -0.05) is 54.3 Å². The lowest BCUT2D eigenvalue weighted by Crippen LogP contribution is -2.24. The van der Waals surface area contributed by atoms with Crippen LogP contribution in [0.25, 0.3) is 16.6 Å². The first-order chi connectivity index (χ1) is 16.7. The number of esters is 1. The van der Waals surface area contributed by atoms with Gasteiger partial charge < -0.3 is 10.1 Å². The Labute approximate surface area is 211 Å². The van der Waals surface area contributed by atoms with E-state index in [-0.39, 0.29) is 12.5 Å². The molecule has 8 nitrogen and oxygen atoms in total. The van der Waals surface area contributed by atoms with Crippen molar-refractivity contribution in [2.45, 2.75) is 51.4 Å². The number of thiazole rings is 1. The minimum atomic E-state index is -0.482. The van der Waals surface area contributed by atoms with Crippen LogP contribution in [0.2, 0.25) is 0 Å². The van der Waals surface area contributed by atoms with Crippen LogP contribution in [-0.4, -0.2) is 43.3 Å². The van der Waals surface area contributed by atoms with Crippen LogP contribution in [0.1, 0.15) is 45.4 Å². The van der Waals surface area contributed by atoms with E-state index in [9.17, 15) is 9.59 Å². The van der Waals surface area contributed by atoms with E-state index in [1.54, 1.807) is 6.92 Å². The standard InChI is InChI=1S/C25H27N5O3S2/c1-7-9-33-23(32)21-16(6)26-24(35-21)27-22(31)18(8-2)34-25-29-28-19-12-14(4)17-11-13(3)10-15(5)20(17)30(19)25/h7,10-12,18H,1,8-9H2,2-6H3,(H,26,27,31). The Hall–Kier alpha value is -3.24. The van der Waals surface area contributed by atoms with Crippen LogP contribution in [0.15, 0.2) is 36.0 Å². The summed E-state index contributed by atoms with van der Waals surface area (Å²) in [5, 5.41) is 13.4. The van der Waals surface area contributed by atoms with E-state index in [0.717, 1.165) is 39.0 Å². The number of fused-ring (bicyclic) bond motifs is 3. The predicted octanol–water partition coefficient (Wildman–Crippen LogP) is 5.42.